The minimum absolute atomic E-state index is 0.0250. The fourth-order valence-corrected chi connectivity index (χ4v) is 1.82. The zero-order valence-corrected chi connectivity index (χ0v) is 10.6. The largest absolute Gasteiger partial charge is 0.496 e. The van der Waals surface area contributed by atoms with Gasteiger partial charge in [0.25, 0.3) is 5.91 Å². The van der Waals surface area contributed by atoms with E-state index in [-0.39, 0.29) is 5.91 Å². The van der Waals surface area contributed by atoms with Crippen LogP contribution in [0.25, 0.3) is 0 Å². The number of methoxy groups -OCH3 is 1. The van der Waals surface area contributed by atoms with E-state index in [1.807, 2.05) is 18.2 Å². The van der Waals surface area contributed by atoms with Gasteiger partial charge in [-0.2, -0.15) is 0 Å². The number of benzene rings is 1. The van der Waals surface area contributed by atoms with Crippen LogP contribution in [-0.2, 0) is 0 Å². The molecule has 1 aromatic rings. The summed E-state index contributed by atoms with van der Waals surface area (Å²) in [7, 11) is 1.66. The van der Waals surface area contributed by atoms with Crippen molar-refractivity contribution in [2.24, 2.45) is 0 Å². The van der Waals surface area contributed by atoms with Crippen molar-refractivity contribution in [1.29, 1.82) is 0 Å². The molecule has 0 aliphatic heterocycles. The topological polar surface area (TPSA) is 38.3 Å². The van der Waals surface area contributed by atoms with Gasteiger partial charge in [0.15, 0.2) is 0 Å². The third-order valence-electron chi connectivity index (χ3n) is 3.03. The molecule has 92 valence electrons. The molecule has 2 rings (SSSR count). The average molecular weight is 233 g/mol. The highest BCUT2D eigenvalue weighted by Gasteiger charge is 2.24. The van der Waals surface area contributed by atoms with Gasteiger partial charge in [-0.3, -0.25) is 4.79 Å². The van der Waals surface area contributed by atoms with E-state index >= 15 is 0 Å². The first-order valence-electron chi connectivity index (χ1n) is 6.10. The summed E-state index contributed by atoms with van der Waals surface area (Å²) in [6.07, 6.45) is 2.22. The van der Waals surface area contributed by atoms with Crippen LogP contribution in [0.4, 0.5) is 0 Å². The Balaban J connectivity index is 2.22. The SMILES string of the molecule is COc1ccc(C(=O)NC2CC2)cc1C(C)C. The lowest BCUT2D eigenvalue weighted by Crippen LogP contribution is -2.25. The first-order valence-corrected chi connectivity index (χ1v) is 6.10. The van der Waals surface area contributed by atoms with Crippen LogP contribution in [0.5, 0.6) is 5.75 Å². The number of carbonyl (C=O) groups is 1. The Bertz CT molecular complexity index is 422. The molecule has 0 spiro atoms. The Morgan fingerprint density at radius 1 is 1.41 bits per heavy atom. The first kappa shape index (κ1) is 12.0. The molecule has 1 aliphatic rings. The van der Waals surface area contributed by atoms with Gasteiger partial charge in [0.05, 0.1) is 7.11 Å². The molecule has 3 nitrogen and oxygen atoms in total. The number of hydrogen-bond acceptors (Lipinski definition) is 2. The molecule has 0 atom stereocenters. The van der Waals surface area contributed by atoms with Crippen LogP contribution in [-0.4, -0.2) is 19.1 Å². The van der Waals surface area contributed by atoms with Crippen LogP contribution < -0.4 is 10.1 Å². The van der Waals surface area contributed by atoms with Crippen molar-refractivity contribution in [3.8, 4) is 5.75 Å². The van der Waals surface area contributed by atoms with Gasteiger partial charge in [0.1, 0.15) is 5.75 Å². The van der Waals surface area contributed by atoms with Crippen molar-refractivity contribution in [3.05, 3.63) is 29.3 Å². The Labute approximate surface area is 102 Å². The van der Waals surface area contributed by atoms with Crippen LogP contribution in [0.1, 0.15) is 48.5 Å². The van der Waals surface area contributed by atoms with Gasteiger partial charge < -0.3 is 10.1 Å². The van der Waals surface area contributed by atoms with E-state index < -0.39 is 0 Å². The predicted octanol–water partition coefficient (Wildman–Crippen LogP) is 2.71. The second-order valence-electron chi connectivity index (χ2n) is 4.86. The summed E-state index contributed by atoms with van der Waals surface area (Å²) in [5, 5.41) is 2.99. The van der Waals surface area contributed by atoms with E-state index in [2.05, 4.69) is 19.2 Å². The number of rotatable bonds is 4. The number of nitrogens with one attached hydrogen (secondary N) is 1. The lowest BCUT2D eigenvalue weighted by Gasteiger charge is -2.13. The van der Waals surface area contributed by atoms with Crippen molar-refractivity contribution >= 4 is 5.91 Å². The third kappa shape index (κ3) is 2.78. The van der Waals surface area contributed by atoms with Gasteiger partial charge in [-0.15, -0.1) is 0 Å². The molecule has 1 fully saturated rings. The molecule has 1 aromatic carbocycles. The van der Waals surface area contributed by atoms with Crippen molar-refractivity contribution in [2.75, 3.05) is 7.11 Å². The third-order valence-corrected chi connectivity index (χ3v) is 3.03. The molecule has 0 saturated heterocycles. The van der Waals surface area contributed by atoms with Crippen molar-refractivity contribution in [3.63, 3.8) is 0 Å². The molecule has 17 heavy (non-hydrogen) atoms. The second-order valence-corrected chi connectivity index (χ2v) is 4.86. The number of amides is 1. The summed E-state index contributed by atoms with van der Waals surface area (Å²) < 4.78 is 5.30. The normalized spacial score (nSPS) is 14.8. The Morgan fingerprint density at radius 3 is 2.65 bits per heavy atom. The Morgan fingerprint density at radius 2 is 2.12 bits per heavy atom. The second kappa shape index (κ2) is 4.78. The van der Waals surface area contributed by atoms with Gasteiger partial charge in [-0.05, 0) is 42.5 Å². The summed E-state index contributed by atoms with van der Waals surface area (Å²) in [6, 6.07) is 6.02. The summed E-state index contributed by atoms with van der Waals surface area (Å²) in [6.45, 7) is 4.20. The smallest absolute Gasteiger partial charge is 0.251 e. The lowest BCUT2D eigenvalue weighted by molar-refractivity contribution is 0.0951. The zero-order chi connectivity index (χ0) is 12.4. The highest BCUT2D eigenvalue weighted by molar-refractivity contribution is 5.95. The molecule has 0 unspecified atom stereocenters. The van der Waals surface area contributed by atoms with E-state index in [0.29, 0.717) is 12.0 Å². The Kier molecular flexibility index (Phi) is 3.36. The summed E-state index contributed by atoms with van der Waals surface area (Å²) >= 11 is 0. The van der Waals surface area contributed by atoms with Crippen LogP contribution in [0.15, 0.2) is 18.2 Å². The highest BCUT2D eigenvalue weighted by Crippen LogP contribution is 2.27. The maximum absolute atomic E-state index is 11.9. The van der Waals surface area contributed by atoms with E-state index in [9.17, 15) is 4.79 Å². The zero-order valence-electron chi connectivity index (χ0n) is 10.6. The molecule has 0 heterocycles. The molecular formula is C14H19NO2. The maximum atomic E-state index is 11.9. The van der Waals surface area contributed by atoms with Crippen LogP contribution >= 0.6 is 0 Å². The van der Waals surface area contributed by atoms with Crippen molar-refractivity contribution in [1.82, 2.24) is 5.32 Å². The number of hydrogen-bond donors (Lipinski definition) is 1. The van der Waals surface area contributed by atoms with Crippen LogP contribution in [0.2, 0.25) is 0 Å². The standard InChI is InChI=1S/C14H19NO2/c1-9(2)12-8-10(4-7-13(12)17-3)14(16)15-11-5-6-11/h4,7-9,11H,5-6H2,1-3H3,(H,15,16). The average Bonchev–Trinajstić information content (AvgIpc) is 3.11. The molecular weight excluding hydrogens is 214 g/mol. The van der Waals surface area contributed by atoms with Gasteiger partial charge in [-0.1, -0.05) is 13.8 Å². The predicted molar refractivity (Wildman–Crippen MR) is 67.6 cm³/mol. The van der Waals surface area contributed by atoms with Crippen LogP contribution in [0.3, 0.4) is 0 Å². The minimum atomic E-state index is 0.0250. The molecule has 1 N–H and O–H groups in total. The first-order chi connectivity index (χ1) is 8.11. The lowest BCUT2D eigenvalue weighted by atomic mass is 9.99. The molecule has 0 aromatic heterocycles. The molecule has 1 amide bonds. The van der Waals surface area contributed by atoms with Crippen molar-refractivity contribution < 1.29 is 9.53 Å². The Hall–Kier alpha value is -1.51. The molecule has 3 heteroatoms. The number of carbonyl (C=O) groups excluding carboxylic acids is 1. The van der Waals surface area contributed by atoms with Gasteiger partial charge in [-0.25, -0.2) is 0 Å². The maximum Gasteiger partial charge on any atom is 0.251 e. The molecule has 0 radical (unpaired) electrons. The van der Waals surface area contributed by atoms with E-state index in [4.69, 9.17) is 4.74 Å². The van der Waals surface area contributed by atoms with E-state index in [1.54, 1.807) is 7.11 Å². The highest BCUT2D eigenvalue weighted by atomic mass is 16.5. The van der Waals surface area contributed by atoms with Crippen molar-refractivity contribution in [2.45, 2.75) is 38.6 Å². The summed E-state index contributed by atoms with van der Waals surface area (Å²) in [4.78, 5) is 11.9. The van der Waals surface area contributed by atoms with E-state index in [1.165, 1.54) is 0 Å². The van der Waals surface area contributed by atoms with Gasteiger partial charge in [0.2, 0.25) is 0 Å². The summed E-state index contributed by atoms with van der Waals surface area (Å²) in [5.41, 5.74) is 1.80. The number of ether oxygens (including phenoxy) is 1. The fraction of sp³-hybridized carbons (Fsp3) is 0.500. The molecule has 1 saturated carbocycles. The summed E-state index contributed by atoms with van der Waals surface area (Å²) in [5.74, 6) is 1.22. The van der Waals surface area contributed by atoms with E-state index in [0.717, 1.165) is 29.7 Å². The monoisotopic (exact) mass is 233 g/mol. The minimum Gasteiger partial charge on any atom is -0.496 e. The molecule has 1 aliphatic carbocycles. The fourth-order valence-electron chi connectivity index (χ4n) is 1.82. The quantitative estimate of drug-likeness (QED) is 0.868. The van der Waals surface area contributed by atoms with Gasteiger partial charge >= 0.3 is 0 Å². The van der Waals surface area contributed by atoms with Crippen LogP contribution in [0, 0.1) is 0 Å². The molecule has 0 bridgehead atoms. The van der Waals surface area contributed by atoms with Gasteiger partial charge in [0, 0.05) is 11.6 Å².